The zero-order chi connectivity index (χ0) is 29.1. The average molecular weight is 579 g/mol. The molecule has 2 aliphatic heterocycles. The Hall–Kier alpha value is -4.19. The maximum absolute atomic E-state index is 14.2. The molecule has 0 fully saturated rings. The molecule has 13 heteroatoms. The molecule has 0 aromatic heterocycles. The minimum atomic E-state index is -4.92. The molecule has 0 saturated carbocycles. The Kier molecular flexibility index (Phi) is 6.69. The second-order valence-electron chi connectivity index (χ2n) is 9.51. The maximum atomic E-state index is 14.2. The second kappa shape index (κ2) is 9.77. The molecule has 3 aromatic carbocycles. The van der Waals surface area contributed by atoms with Crippen LogP contribution in [-0.2, 0) is 6.18 Å². The number of fused-ring (bicyclic) bond motifs is 3. The third-order valence-electron chi connectivity index (χ3n) is 6.87. The number of rotatable bonds is 3. The van der Waals surface area contributed by atoms with Crippen LogP contribution in [0, 0.1) is 11.6 Å². The molecule has 3 amide bonds. The van der Waals surface area contributed by atoms with Crippen molar-refractivity contribution < 1.29 is 36.3 Å². The van der Waals surface area contributed by atoms with Crippen molar-refractivity contribution in [3.63, 3.8) is 0 Å². The van der Waals surface area contributed by atoms with Gasteiger partial charge in [-0.2, -0.15) is 13.2 Å². The number of carbonyl (C=O) groups is 3. The minimum Gasteiger partial charge on any atom is -0.372 e. The molecule has 0 saturated heterocycles. The molecule has 1 unspecified atom stereocenters. The second-order valence-corrected chi connectivity index (χ2v) is 9.92. The van der Waals surface area contributed by atoms with Crippen LogP contribution in [0.5, 0.6) is 0 Å². The molecule has 1 atom stereocenters. The zero-order valence-electron chi connectivity index (χ0n) is 20.9. The van der Waals surface area contributed by atoms with E-state index in [0.717, 1.165) is 12.1 Å². The van der Waals surface area contributed by atoms with Crippen molar-refractivity contribution in [2.45, 2.75) is 12.2 Å². The van der Waals surface area contributed by atoms with Gasteiger partial charge in [-0.3, -0.25) is 14.4 Å². The predicted octanol–water partition coefficient (Wildman–Crippen LogP) is 5.24. The van der Waals surface area contributed by atoms with Gasteiger partial charge in [0.25, 0.3) is 17.7 Å². The molecule has 0 radical (unpaired) electrons. The monoisotopic (exact) mass is 578 g/mol. The Bertz CT molecular complexity index is 1590. The van der Waals surface area contributed by atoms with Crippen LogP contribution in [0.15, 0.2) is 42.5 Å². The third-order valence-corrected chi connectivity index (χ3v) is 7.21. The van der Waals surface area contributed by atoms with E-state index in [9.17, 15) is 36.3 Å². The summed E-state index contributed by atoms with van der Waals surface area (Å²) in [5.41, 5.74) is -1.53. The fraction of sp³-hybridized carbons (Fsp3) is 0.222. The number of hydrogen-bond donors (Lipinski definition) is 2. The van der Waals surface area contributed by atoms with E-state index in [0.29, 0.717) is 25.2 Å². The molecule has 0 spiro atoms. The summed E-state index contributed by atoms with van der Waals surface area (Å²) in [4.78, 5) is 42.9. The van der Waals surface area contributed by atoms with Crippen molar-refractivity contribution in [3.05, 3.63) is 92.5 Å². The highest BCUT2D eigenvalue weighted by Crippen LogP contribution is 2.45. The molecule has 3 aromatic rings. The molecule has 2 N–H and O–H groups in total. The number of alkyl halides is 3. The Balaban J connectivity index is 1.72. The van der Waals surface area contributed by atoms with Gasteiger partial charge in [0.1, 0.15) is 11.6 Å². The van der Waals surface area contributed by atoms with E-state index in [1.165, 1.54) is 17.0 Å². The lowest BCUT2D eigenvalue weighted by Crippen LogP contribution is -2.30. The van der Waals surface area contributed by atoms with Crippen LogP contribution in [0.2, 0.25) is 5.02 Å². The summed E-state index contributed by atoms with van der Waals surface area (Å²) < 4.78 is 68.1. The number of amides is 3. The minimum absolute atomic E-state index is 0.0134. The zero-order valence-corrected chi connectivity index (χ0v) is 21.7. The summed E-state index contributed by atoms with van der Waals surface area (Å²) in [6.07, 6.45) is -4.92. The van der Waals surface area contributed by atoms with Crippen LogP contribution in [0.3, 0.4) is 0 Å². The number of carbonyl (C=O) groups excluding carboxylic acids is 3. The van der Waals surface area contributed by atoms with Gasteiger partial charge in [-0.05, 0) is 42.5 Å². The topological polar surface area (TPSA) is 81.8 Å². The summed E-state index contributed by atoms with van der Waals surface area (Å²) in [5.74, 6) is -4.18. The van der Waals surface area contributed by atoms with Gasteiger partial charge in [0, 0.05) is 54.6 Å². The van der Waals surface area contributed by atoms with Crippen molar-refractivity contribution in [1.82, 2.24) is 10.2 Å². The SMILES string of the molecule is CN1CCN(C)c2c(cc(NC(=O)c3cc(F)cc(C(F)(F)F)c3)c3c2C(=O)NC3c2cc(F)ccc2Cl)C1=O. The Morgan fingerprint density at radius 3 is 2.40 bits per heavy atom. The van der Waals surface area contributed by atoms with Gasteiger partial charge >= 0.3 is 6.18 Å². The summed E-state index contributed by atoms with van der Waals surface area (Å²) in [7, 11) is 3.22. The van der Waals surface area contributed by atoms with Crippen LogP contribution in [0.1, 0.15) is 53.8 Å². The summed E-state index contributed by atoms with van der Waals surface area (Å²) >= 11 is 6.34. The van der Waals surface area contributed by atoms with Crippen molar-refractivity contribution >= 4 is 40.7 Å². The summed E-state index contributed by atoms with van der Waals surface area (Å²) in [6.45, 7) is 0.667. The molecule has 2 heterocycles. The lowest BCUT2D eigenvalue weighted by atomic mass is 9.92. The van der Waals surface area contributed by atoms with Crippen LogP contribution in [0.4, 0.5) is 33.3 Å². The van der Waals surface area contributed by atoms with Gasteiger partial charge in [0.2, 0.25) is 0 Å². The van der Waals surface area contributed by atoms with Gasteiger partial charge < -0.3 is 20.4 Å². The molecule has 0 bridgehead atoms. The lowest BCUT2D eigenvalue weighted by Gasteiger charge is -2.24. The van der Waals surface area contributed by atoms with E-state index in [1.807, 2.05) is 0 Å². The van der Waals surface area contributed by atoms with Crippen LogP contribution >= 0.6 is 11.6 Å². The Morgan fingerprint density at radius 2 is 1.70 bits per heavy atom. The van der Waals surface area contributed by atoms with Crippen LogP contribution in [0.25, 0.3) is 0 Å². The fourth-order valence-corrected chi connectivity index (χ4v) is 5.15. The number of anilines is 2. The lowest BCUT2D eigenvalue weighted by molar-refractivity contribution is -0.137. The summed E-state index contributed by atoms with van der Waals surface area (Å²) in [5, 5.41) is 5.25. The standard InChI is InChI=1S/C27H20ClF5N4O3/c1-36-5-6-37(2)26(40)17-11-19(34-24(38)12-7-13(27(31,32)33)9-15(30)8-12)20-21(23(17)36)25(39)35-22(20)16-10-14(29)3-4-18(16)28/h3-4,7-11,22H,5-6H2,1-2H3,(H,34,38)(H,35,39). The molecule has 40 heavy (non-hydrogen) atoms. The van der Waals surface area contributed by atoms with Crippen LogP contribution < -0.4 is 15.5 Å². The normalized spacial score (nSPS) is 16.9. The first-order valence-corrected chi connectivity index (χ1v) is 12.3. The highest BCUT2D eigenvalue weighted by atomic mass is 35.5. The first kappa shape index (κ1) is 27.4. The average Bonchev–Trinajstić information content (AvgIpc) is 3.19. The molecule has 7 nitrogen and oxygen atoms in total. The van der Waals surface area contributed by atoms with E-state index in [1.54, 1.807) is 19.0 Å². The summed E-state index contributed by atoms with van der Waals surface area (Å²) in [6, 6.07) is 5.09. The largest absolute Gasteiger partial charge is 0.416 e. The first-order chi connectivity index (χ1) is 18.8. The van der Waals surface area contributed by atoms with Gasteiger partial charge in [0.05, 0.1) is 28.4 Å². The highest BCUT2D eigenvalue weighted by molar-refractivity contribution is 6.31. The van der Waals surface area contributed by atoms with Gasteiger partial charge in [-0.15, -0.1) is 0 Å². The number of nitrogens with one attached hydrogen (secondary N) is 2. The number of nitrogens with zero attached hydrogens (tertiary/aromatic N) is 2. The van der Waals surface area contributed by atoms with E-state index in [2.05, 4.69) is 10.6 Å². The molecular weight excluding hydrogens is 559 g/mol. The van der Waals surface area contributed by atoms with Crippen molar-refractivity contribution in [3.8, 4) is 0 Å². The number of hydrogen-bond acceptors (Lipinski definition) is 4. The first-order valence-electron chi connectivity index (χ1n) is 11.9. The van der Waals surface area contributed by atoms with Crippen molar-refractivity contribution in [1.29, 1.82) is 0 Å². The molecule has 208 valence electrons. The van der Waals surface area contributed by atoms with Crippen molar-refractivity contribution in [2.75, 3.05) is 37.4 Å². The Morgan fingerprint density at radius 1 is 1.00 bits per heavy atom. The van der Waals surface area contributed by atoms with Gasteiger partial charge in [-0.1, -0.05) is 11.6 Å². The molecule has 2 aliphatic rings. The number of benzene rings is 3. The molecule has 0 aliphatic carbocycles. The number of halogens is 6. The van der Waals surface area contributed by atoms with Gasteiger partial charge in [-0.25, -0.2) is 8.78 Å². The maximum Gasteiger partial charge on any atom is 0.416 e. The van der Waals surface area contributed by atoms with E-state index in [4.69, 9.17) is 11.6 Å². The Labute approximate surface area is 229 Å². The highest BCUT2D eigenvalue weighted by Gasteiger charge is 2.41. The van der Waals surface area contributed by atoms with Crippen LogP contribution in [-0.4, -0.2) is 49.8 Å². The molecule has 5 rings (SSSR count). The van der Waals surface area contributed by atoms with Crippen molar-refractivity contribution in [2.24, 2.45) is 0 Å². The number of likely N-dealkylation sites (N-methyl/N-ethyl adjacent to an activating group) is 2. The van der Waals surface area contributed by atoms with E-state index >= 15 is 0 Å². The molecular formula is C27H20ClF5N4O3. The quantitative estimate of drug-likeness (QED) is 0.416. The fourth-order valence-electron chi connectivity index (χ4n) is 4.92. The van der Waals surface area contributed by atoms with E-state index < -0.39 is 52.7 Å². The smallest absolute Gasteiger partial charge is 0.372 e. The third kappa shape index (κ3) is 4.72. The van der Waals surface area contributed by atoms with Gasteiger partial charge in [0.15, 0.2) is 0 Å². The predicted molar refractivity (Wildman–Crippen MR) is 137 cm³/mol. The van der Waals surface area contributed by atoms with E-state index in [-0.39, 0.29) is 44.7 Å².